The maximum absolute atomic E-state index is 12.6. The maximum Gasteiger partial charge on any atom is 0.433 e. The SMILES string of the molecule is FC(F)(F)c1cc(Sc2nnnn2C2CC2)nc(Cl)n1. The van der Waals surface area contributed by atoms with Crippen LogP contribution in [0, 0.1) is 0 Å². The van der Waals surface area contributed by atoms with Gasteiger partial charge in [-0.05, 0) is 46.6 Å². The first-order valence-corrected chi connectivity index (χ1v) is 6.70. The Morgan fingerprint density at radius 1 is 1.30 bits per heavy atom. The third kappa shape index (κ3) is 2.85. The van der Waals surface area contributed by atoms with Gasteiger partial charge in [0.15, 0.2) is 5.69 Å². The third-order valence-electron chi connectivity index (χ3n) is 2.52. The molecule has 2 aromatic rings. The molecule has 3 rings (SSSR count). The molecule has 6 nitrogen and oxygen atoms in total. The number of halogens is 4. The van der Waals surface area contributed by atoms with Crippen molar-refractivity contribution in [1.82, 2.24) is 30.2 Å². The van der Waals surface area contributed by atoms with Crippen LogP contribution < -0.4 is 0 Å². The molecule has 20 heavy (non-hydrogen) atoms. The van der Waals surface area contributed by atoms with Gasteiger partial charge in [-0.2, -0.15) is 13.2 Å². The van der Waals surface area contributed by atoms with E-state index in [4.69, 9.17) is 11.6 Å². The molecule has 1 saturated carbocycles. The molecule has 0 aliphatic heterocycles. The van der Waals surface area contributed by atoms with Gasteiger partial charge in [-0.25, -0.2) is 14.6 Å². The summed E-state index contributed by atoms with van der Waals surface area (Å²) in [6.45, 7) is 0. The van der Waals surface area contributed by atoms with Crippen molar-refractivity contribution in [2.45, 2.75) is 35.2 Å². The van der Waals surface area contributed by atoms with Crippen molar-refractivity contribution in [2.75, 3.05) is 0 Å². The lowest BCUT2D eigenvalue weighted by molar-refractivity contribution is -0.141. The van der Waals surface area contributed by atoms with Gasteiger partial charge in [0.05, 0.1) is 6.04 Å². The first-order valence-electron chi connectivity index (χ1n) is 5.51. The van der Waals surface area contributed by atoms with Gasteiger partial charge in [0.25, 0.3) is 0 Å². The van der Waals surface area contributed by atoms with Crippen molar-refractivity contribution in [1.29, 1.82) is 0 Å². The summed E-state index contributed by atoms with van der Waals surface area (Å²) in [5.41, 5.74) is -1.09. The molecule has 0 N–H and O–H groups in total. The highest BCUT2D eigenvalue weighted by Crippen LogP contribution is 2.38. The zero-order valence-electron chi connectivity index (χ0n) is 9.67. The summed E-state index contributed by atoms with van der Waals surface area (Å²) in [6.07, 6.45) is -2.67. The van der Waals surface area contributed by atoms with Gasteiger partial charge in [0.1, 0.15) is 5.03 Å². The largest absolute Gasteiger partial charge is 0.433 e. The third-order valence-corrected chi connectivity index (χ3v) is 3.56. The van der Waals surface area contributed by atoms with Crippen LogP contribution >= 0.6 is 23.4 Å². The van der Waals surface area contributed by atoms with Crippen molar-refractivity contribution in [2.24, 2.45) is 0 Å². The highest BCUT2D eigenvalue weighted by molar-refractivity contribution is 7.99. The van der Waals surface area contributed by atoms with E-state index in [0.717, 1.165) is 30.7 Å². The summed E-state index contributed by atoms with van der Waals surface area (Å²) in [5, 5.41) is 11.1. The van der Waals surface area contributed by atoms with Crippen LogP contribution in [0.5, 0.6) is 0 Å². The number of hydrogen-bond donors (Lipinski definition) is 0. The summed E-state index contributed by atoms with van der Waals surface area (Å²) in [6, 6.07) is 1.04. The summed E-state index contributed by atoms with van der Waals surface area (Å²) in [7, 11) is 0. The molecule has 1 aliphatic carbocycles. The molecule has 0 unspecified atom stereocenters. The Labute approximate surface area is 119 Å². The fourth-order valence-electron chi connectivity index (χ4n) is 1.49. The second kappa shape index (κ2) is 4.85. The van der Waals surface area contributed by atoms with Crippen molar-refractivity contribution in [3.63, 3.8) is 0 Å². The van der Waals surface area contributed by atoms with Gasteiger partial charge >= 0.3 is 6.18 Å². The number of nitrogens with zero attached hydrogens (tertiary/aromatic N) is 6. The molecule has 1 aliphatic rings. The van der Waals surface area contributed by atoms with Crippen molar-refractivity contribution >= 4 is 23.4 Å². The van der Waals surface area contributed by atoms with Gasteiger partial charge in [0, 0.05) is 6.07 Å². The fraction of sp³-hybridized carbons (Fsp3) is 0.444. The number of alkyl halides is 3. The number of rotatable bonds is 3. The maximum atomic E-state index is 12.6. The molecule has 0 saturated heterocycles. The average molecular weight is 323 g/mol. The van der Waals surface area contributed by atoms with Gasteiger partial charge in [-0.1, -0.05) is 0 Å². The first-order chi connectivity index (χ1) is 9.43. The molecule has 0 amide bonds. The van der Waals surface area contributed by atoms with E-state index in [9.17, 15) is 13.2 Å². The molecular formula is C9H6ClF3N6S. The smallest absolute Gasteiger partial charge is 0.217 e. The molecule has 2 aromatic heterocycles. The number of aromatic nitrogens is 6. The van der Waals surface area contributed by atoms with Gasteiger partial charge in [-0.3, -0.25) is 0 Å². The van der Waals surface area contributed by atoms with Crippen molar-refractivity contribution in [3.05, 3.63) is 17.0 Å². The summed E-state index contributed by atoms with van der Waals surface area (Å²) >= 11 is 6.44. The summed E-state index contributed by atoms with van der Waals surface area (Å²) < 4.78 is 39.5. The Balaban J connectivity index is 1.90. The monoisotopic (exact) mass is 322 g/mol. The lowest BCUT2D eigenvalue weighted by Crippen LogP contribution is -2.09. The lowest BCUT2D eigenvalue weighted by atomic mass is 10.4. The zero-order chi connectivity index (χ0) is 14.3. The second-order valence-electron chi connectivity index (χ2n) is 4.10. The van der Waals surface area contributed by atoms with E-state index in [1.54, 1.807) is 4.68 Å². The molecule has 0 radical (unpaired) electrons. The number of tetrazole rings is 1. The summed E-state index contributed by atoms with van der Waals surface area (Å²) in [5.74, 6) is 0. The fourth-order valence-corrected chi connectivity index (χ4v) is 2.57. The van der Waals surface area contributed by atoms with E-state index in [-0.39, 0.29) is 11.1 Å². The quantitative estimate of drug-likeness (QED) is 0.639. The zero-order valence-corrected chi connectivity index (χ0v) is 11.2. The van der Waals surface area contributed by atoms with Crippen LogP contribution in [0.3, 0.4) is 0 Å². The Morgan fingerprint density at radius 3 is 2.70 bits per heavy atom. The van der Waals surface area contributed by atoms with Crippen LogP contribution in [-0.2, 0) is 6.18 Å². The van der Waals surface area contributed by atoms with Gasteiger partial charge in [0.2, 0.25) is 10.4 Å². The molecule has 0 aromatic carbocycles. The summed E-state index contributed by atoms with van der Waals surface area (Å²) in [4.78, 5) is 6.91. The molecule has 106 valence electrons. The predicted octanol–water partition coefficient (Wildman–Crippen LogP) is 2.62. The Morgan fingerprint density at radius 2 is 2.05 bits per heavy atom. The van der Waals surface area contributed by atoms with E-state index in [2.05, 4.69) is 25.5 Å². The van der Waals surface area contributed by atoms with E-state index >= 15 is 0 Å². The van der Waals surface area contributed by atoms with E-state index in [1.165, 1.54) is 0 Å². The van der Waals surface area contributed by atoms with Crippen LogP contribution in [0.15, 0.2) is 16.2 Å². The highest BCUT2D eigenvalue weighted by Gasteiger charge is 2.34. The molecule has 2 heterocycles. The van der Waals surface area contributed by atoms with Crippen LogP contribution in [0.4, 0.5) is 13.2 Å². The van der Waals surface area contributed by atoms with Crippen LogP contribution in [0.25, 0.3) is 0 Å². The average Bonchev–Trinajstić information content (AvgIpc) is 3.09. The van der Waals surface area contributed by atoms with Crippen molar-refractivity contribution < 1.29 is 13.2 Å². The highest BCUT2D eigenvalue weighted by atomic mass is 35.5. The second-order valence-corrected chi connectivity index (χ2v) is 5.42. The molecular weight excluding hydrogens is 317 g/mol. The normalized spacial score (nSPS) is 15.6. The van der Waals surface area contributed by atoms with Crippen LogP contribution in [-0.4, -0.2) is 30.2 Å². The van der Waals surface area contributed by atoms with Gasteiger partial charge < -0.3 is 0 Å². The topological polar surface area (TPSA) is 69.4 Å². The lowest BCUT2D eigenvalue weighted by Gasteiger charge is -2.07. The predicted molar refractivity (Wildman–Crippen MR) is 62.3 cm³/mol. The minimum atomic E-state index is -4.58. The van der Waals surface area contributed by atoms with Crippen molar-refractivity contribution in [3.8, 4) is 0 Å². The Hall–Kier alpha value is -1.42. The van der Waals surface area contributed by atoms with Crippen LogP contribution in [0.1, 0.15) is 24.6 Å². The number of hydrogen-bond acceptors (Lipinski definition) is 6. The standard InChI is InChI=1S/C9H6ClF3N6S/c10-7-14-5(9(11,12)13)3-6(15-7)20-8-16-17-18-19(8)4-1-2-4/h3-4H,1-2H2. The minimum absolute atomic E-state index is 0.0500. The van der Waals surface area contributed by atoms with E-state index in [0.29, 0.717) is 5.16 Å². The van der Waals surface area contributed by atoms with E-state index in [1.807, 2.05) is 0 Å². The van der Waals surface area contributed by atoms with Crippen LogP contribution in [0.2, 0.25) is 5.28 Å². The van der Waals surface area contributed by atoms with E-state index < -0.39 is 17.2 Å². The molecule has 0 bridgehead atoms. The Bertz CT molecular complexity index is 641. The minimum Gasteiger partial charge on any atom is -0.217 e. The molecule has 0 atom stereocenters. The molecule has 0 spiro atoms. The Kier molecular flexibility index (Phi) is 3.28. The first kappa shape index (κ1) is 13.6. The molecule has 1 fully saturated rings. The molecule has 11 heteroatoms. The van der Waals surface area contributed by atoms with Gasteiger partial charge in [-0.15, -0.1) is 5.10 Å².